The highest BCUT2D eigenvalue weighted by Gasteiger charge is 2.48. The predicted octanol–water partition coefficient (Wildman–Crippen LogP) is -0.658. The Kier molecular flexibility index (Phi) is 2.68. The minimum atomic E-state index is -0.805. The van der Waals surface area contributed by atoms with Crippen LogP contribution in [0.15, 0.2) is 0 Å². The van der Waals surface area contributed by atoms with E-state index in [1.807, 2.05) is 0 Å². The Morgan fingerprint density at radius 1 is 1.29 bits per heavy atom. The van der Waals surface area contributed by atoms with E-state index < -0.39 is 11.6 Å². The zero-order chi connectivity index (χ0) is 12.6. The summed E-state index contributed by atoms with van der Waals surface area (Å²) in [6.45, 7) is 0.954. The molecule has 2 N–H and O–H groups in total. The molecule has 0 unspecified atom stereocenters. The van der Waals surface area contributed by atoms with Crippen LogP contribution in [0.1, 0.15) is 12.8 Å². The van der Waals surface area contributed by atoms with Gasteiger partial charge in [0.15, 0.2) is 0 Å². The first-order valence-corrected chi connectivity index (χ1v) is 5.54. The number of amides is 5. The van der Waals surface area contributed by atoms with Crippen LogP contribution in [0.4, 0.5) is 9.59 Å². The molecule has 2 saturated heterocycles. The molecule has 1 spiro atoms. The fraction of sp³-hybridized carbons (Fsp3) is 0.700. The molecule has 2 fully saturated rings. The second-order valence-corrected chi connectivity index (χ2v) is 4.65. The van der Waals surface area contributed by atoms with Gasteiger partial charge in [-0.1, -0.05) is 0 Å². The van der Waals surface area contributed by atoms with Gasteiger partial charge in [-0.05, 0) is 12.8 Å². The lowest BCUT2D eigenvalue weighted by atomic mass is 9.88. The second-order valence-electron chi connectivity index (χ2n) is 4.65. The van der Waals surface area contributed by atoms with E-state index in [0.29, 0.717) is 25.9 Å². The highest BCUT2D eigenvalue weighted by atomic mass is 16.2. The summed E-state index contributed by atoms with van der Waals surface area (Å²) in [5.41, 5.74) is -0.805. The molecule has 2 rings (SSSR count). The third-order valence-corrected chi connectivity index (χ3v) is 3.28. The van der Waals surface area contributed by atoms with Crippen LogP contribution in [0.3, 0.4) is 0 Å². The van der Waals surface area contributed by atoms with Gasteiger partial charge >= 0.3 is 12.1 Å². The summed E-state index contributed by atoms with van der Waals surface area (Å²) in [4.78, 5) is 37.7. The number of nitrogens with one attached hydrogen (secondary N) is 2. The Labute approximate surface area is 99.1 Å². The zero-order valence-electron chi connectivity index (χ0n) is 9.95. The minimum Gasteiger partial charge on any atom is -0.331 e. The number of nitrogens with zero attached hydrogens (tertiary/aromatic N) is 2. The van der Waals surface area contributed by atoms with Crippen molar-refractivity contribution >= 4 is 18.0 Å². The van der Waals surface area contributed by atoms with Crippen molar-refractivity contribution in [1.82, 2.24) is 20.4 Å². The predicted molar refractivity (Wildman–Crippen MR) is 59.3 cm³/mol. The quantitative estimate of drug-likeness (QED) is 0.552. The van der Waals surface area contributed by atoms with Crippen LogP contribution in [0, 0.1) is 0 Å². The van der Waals surface area contributed by atoms with E-state index in [2.05, 4.69) is 10.6 Å². The monoisotopic (exact) mass is 240 g/mol. The van der Waals surface area contributed by atoms with E-state index in [1.165, 1.54) is 4.90 Å². The number of carbonyl (C=O) groups is 3. The zero-order valence-corrected chi connectivity index (χ0v) is 9.95. The topological polar surface area (TPSA) is 81.8 Å². The molecule has 2 heterocycles. The maximum atomic E-state index is 11.7. The Morgan fingerprint density at radius 3 is 2.29 bits per heavy atom. The summed E-state index contributed by atoms with van der Waals surface area (Å²) in [5, 5.41) is 4.90. The Morgan fingerprint density at radius 2 is 1.88 bits per heavy atom. The van der Waals surface area contributed by atoms with E-state index >= 15 is 0 Å². The smallest absolute Gasteiger partial charge is 0.322 e. The van der Waals surface area contributed by atoms with Crippen molar-refractivity contribution < 1.29 is 14.4 Å². The van der Waals surface area contributed by atoms with Crippen molar-refractivity contribution in [2.75, 3.05) is 27.2 Å². The molecule has 2 aliphatic heterocycles. The van der Waals surface area contributed by atoms with Gasteiger partial charge in [-0.15, -0.1) is 0 Å². The van der Waals surface area contributed by atoms with E-state index in [0.717, 1.165) is 0 Å². The van der Waals surface area contributed by atoms with E-state index in [1.54, 1.807) is 19.0 Å². The highest BCUT2D eigenvalue weighted by Crippen LogP contribution is 2.25. The van der Waals surface area contributed by atoms with Gasteiger partial charge in [0.1, 0.15) is 5.54 Å². The van der Waals surface area contributed by atoms with Gasteiger partial charge in [-0.2, -0.15) is 0 Å². The molecule has 0 saturated carbocycles. The number of hydrogen-bond donors (Lipinski definition) is 2. The van der Waals surface area contributed by atoms with Crippen LogP contribution < -0.4 is 10.6 Å². The van der Waals surface area contributed by atoms with Crippen LogP contribution >= 0.6 is 0 Å². The summed E-state index contributed by atoms with van der Waals surface area (Å²) >= 11 is 0. The van der Waals surface area contributed by atoms with Crippen LogP contribution in [-0.4, -0.2) is 60.5 Å². The van der Waals surface area contributed by atoms with Gasteiger partial charge in [0.25, 0.3) is 5.91 Å². The van der Waals surface area contributed by atoms with Gasteiger partial charge < -0.3 is 15.1 Å². The molecule has 0 aliphatic carbocycles. The van der Waals surface area contributed by atoms with Crippen LogP contribution in [0.5, 0.6) is 0 Å². The summed E-state index contributed by atoms with van der Waals surface area (Å²) < 4.78 is 0. The first-order valence-electron chi connectivity index (χ1n) is 5.54. The Hall–Kier alpha value is -1.79. The number of likely N-dealkylation sites (tertiary alicyclic amines) is 1. The SMILES string of the molecule is CN(C)C(=O)N1CCC2(CC1)NC(=O)NC2=O. The summed E-state index contributed by atoms with van der Waals surface area (Å²) in [5.74, 6) is -0.278. The largest absolute Gasteiger partial charge is 0.331 e. The maximum absolute atomic E-state index is 11.7. The number of urea groups is 2. The number of imide groups is 1. The van der Waals surface area contributed by atoms with Gasteiger partial charge in [0, 0.05) is 27.2 Å². The molecule has 0 aromatic rings. The molecule has 94 valence electrons. The van der Waals surface area contributed by atoms with E-state index in [-0.39, 0.29) is 11.9 Å². The molecule has 5 amide bonds. The second kappa shape index (κ2) is 3.90. The minimum absolute atomic E-state index is 0.0652. The number of hydrogen-bond acceptors (Lipinski definition) is 3. The lowest BCUT2D eigenvalue weighted by Crippen LogP contribution is -2.56. The molecule has 0 radical (unpaired) electrons. The first kappa shape index (κ1) is 11.7. The third kappa shape index (κ3) is 1.92. The molecule has 2 aliphatic rings. The molecule has 0 atom stereocenters. The standard InChI is InChI=1S/C10H16N4O3/c1-13(2)9(17)14-5-3-10(4-6-14)7(15)11-8(16)12-10/h3-6H2,1-2H3,(H2,11,12,15,16). The third-order valence-electron chi connectivity index (χ3n) is 3.28. The molecular formula is C10H16N4O3. The van der Waals surface area contributed by atoms with Crippen molar-refractivity contribution in [2.45, 2.75) is 18.4 Å². The van der Waals surface area contributed by atoms with Crippen LogP contribution in [0.25, 0.3) is 0 Å². The lowest BCUT2D eigenvalue weighted by molar-refractivity contribution is -0.125. The Balaban J connectivity index is 2.01. The normalized spacial score (nSPS) is 22.4. The van der Waals surface area contributed by atoms with Crippen molar-refractivity contribution in [1.29, 1.82) is 0 Å². The van der Waals surface area contributed by atoms with Crippen molar-refractivity contribution in [3.8, 4) is 0 Å². The average Bonchev–Trinajstić information content (AvgIpc) is 2.54. The van der Waals surface area contributed by atoms with Crippen LogP contribution in [0.2, 0.25) is 0 Å². The molecule has 17 heavy (non-hydrogen) atoms. The summed E-state index contributed by atoms with van der Waals surface area (Å²) in [6, 6.07) is -0.507. The molecule has 0 aromatic heterocycles. The summed E-state index contributed by atoms with van der Waals surface area (Å²) in [7, 11) is 3.38. The molecule has 0 bridgehead atoms. The molecule has 0 aromatic carbocycles. The maximum Gasteiger partial charge on any atom is 0.322 e. The molecular weight excluding hydrogens is 224 g/mol. The van der Waals surface area contributed by atoms with Crippen molar-refractivity contribution in [2.24, 2.45) is 0 Å². The Bertz CT molecular complexity index is 372. The fourth-order valence-corrected chi connectivity index (χ4v) is 2.24. The van der Waals surface area contributed by atoms with E-state index in [9.17, 15) is 14.4 Å². The van der Waals surface area contributed by atoms with Gasteiger partial charge in [-0.3, -0.25) is 10.1 Å². The number of piperidine rings is 1. The highest BCUT2D eigenvalue weighted by molar-refractivity contribution is 6.07. The molecule has 7 nitrogen and oxygen atoms in total. The van der Waals surface area contributed by atoms with Crippen LogP contribution in [-0.2, 0) is 4.79 Å². The van der Waals surface area contributed by atoms with Gasteiger partial charge in [0.05, 0.1) is 0 Å². The summed E-state index contributed by atoms with van der Waals surface area (Å²) in [6.07, 6.45) is 0.925. The van der Waals surface area contributed by atoms with Gasteiger partial charge in [0.2, 0.25) is 0 Å². The van der Waals surface area contributed by atoms with E-state index in [4.69, 9.17) is 0 Å². The number of rotatable bonds is 0. The average molecular weight is 240 g/mol. The number of carbonyl (C=O) groups excluding carboxylic acids is 3. The van der Waals surface area contributed by atoms with Crippen molar-refractivity contribution in [3.05, 3.63) is 0 Å². The lowest BCUT2D eigenvalue weighted by Gasteiger charge is -2.37. The van der Waals surface area contributed by atoms with Gasteiger partial charge in [-0.25, -0.2) is 9.59 Å². The molecule has 7 heteroatoms. The fourth-order valence-electron chi connectivity index (χ4n) is 2.24. The first-order chi connectivity index (χ1) is 7.94. The van der Waals surface area contributed by atoms with Crippen molar-refractivity contribution in [3.63, 3.8) is 0 Å².